The molecule has 0 bridgehead atoms. The second-order valence-corrected chi connectivity index (χ2v) is 4.57. The van der Waals surface area contributed by atoms with Crippen molar-refractivity contribution in [1.29, 1.82) is 0 Å². The first-order chi connectivity index (χ1) is 9.33. The molecule has 1 aromatic carbocycles. The minimum Gasteiger partial charge on any atom is -0.385 e. The number of nitrogens with zero attached hydrogens (tertiary/aromatic N) is 1. The average molecular weight is 253 g/mol. The molecule has 2 aromatic rings. The third-order valence-electron chi connectivity index (χ3n) is 3.21. The van der Waals surface area contributed by atoms with Crippen LogP contribution in [0.5, 0.6) is 0 Å². The highest BCUT2D eigenvalue weighted by Gasteiger charge is 2.12. The number of rotatable bonds is 2. The Morgan fingerprint density at radius 2 is 2.21 bits per heavy atom. The Morgan fingerprint density at radius 1 is 1.26 bits per heavy atom. The lowest BCUT2D eigenvalue weighted by atomic mass is 10.0. The van der Waals surface area contributed by atoms with Crippen LogP contribution in [0.25, 0.3) is 0 Å². The number of benzene rings is 1. The van der Waals surface area contributed by atoms with E-state index in [-0.39, 0.29) is 5.91 Å². The molecule has 0 radical (unpaired) electrons. The van der Waals surface area contributed by atoms with Gasteiger partial charge in [0.25, 0.3) is 5.91 Å². The molecule has 2 N–H and O–H groups in total. The highest BCUT2D eigenvalue weighted by Crippen LogP contribution is 2.23. The van der Waals surface area contributed by atoms with E-state index < -0.39 is 0 Å². The van der Waals surface area contributed by atoms with Crippen LogP contribution >= 0.6 is 0 Å². The summed E-state index contributed by atoms with van der Waals surface area (Å²) in [7, 11) is 0. The molecule has 1 amide bonds. The molecule has 0 aliphatic carbocycles. The fraction of sp³-hybridized carbons (Fsp3) is 0.200. The van der Waals surface area contributed by atoms with Crippen LogP contribution in [0.3, 0.4) is 0 Å². The third-order valence-corrected chi connectivity index (χ3v) is 3.21. The van der Waals surface area contributed by atoms with E-state index in [1.807, 2.05) is 30.3 Å². The quantitative estimate of drug-likeness (QED) is 0.865. The number of aromatic nitrogens is 1. The van der Waals surface area contributed by atoms with Gasteiger partial charge >= 0.3 is 0 Å². The summed E-state index contributed by atoms with van der Waals surface area (Å²) < 4.78 is 0. The minimum atomic E-state index is -0.118. The summed E-state index contributed by atoms with van der Waals surface area (Å²) in [5, 5.41) is 6.13. The predicted octanol–water partition coefficient (Wildman–Crippen LogP) is 2.69. The molecule has 3 rings (SSSR count). The summed E-state index contributed by atoms with van der Waals surface area (Å²) >= 11 is 0. The van der Waals surface area contributed by atoms with Crippen LogP contribution in [0.15, 0.2) is 42.6 Å². The number of aryl methyl sites for hydroxylation is 1. The maximum Gasteiger partial charge on any atom is 0.256 e. The van der Waals surface area contributed by atoms with Crippen LogP contribution in [-0.4, -0.2) is 17.4 Å². The molecule has 4 nitrogen and oxygen atoms in total. The Morgan fingerprint density at radius 3 is 3.05 bits per heavy atom. The van der Waals surface area contributed by atoms with E-state index in [1.165, 1.54) is 5.56 Å². The predicted molar refractivity (Wildman–Crippen MR) is 75.4 cm³/mol. The van der Waals surface area contributed by atoms with Crippen molar-refractivity contribution in [2.24, 2.45) is 0 Å². The molecule has 0 fully saturated rings. The molecule has 0 saturated carbocycles. The summed E-state index contributed by atoms with van der Waals surface area (Å²) in [5.41, 5.74) is 3.02. The monoisotopic (exact) mass is 253 g/mol. The van der Waals surface area contributed by atoms with Gasteiger partial charge in [-0.1, -0.05) is 6.07 Å². The van der Waals surface area contributed by atoms with E-state index >= 15 is 0 Å². The van der Waals surface area contributed by atoms with Gasteiger partial charge in [0.05, 0.1) is 0 Å². The molecule has 96 valence electrons. The van der Waals surface area contributed by atoms with Crippen LogP contribution in [-0.2, 0) is 6.42 Å². The summed E-state index contributed by atoms with van der Waals surface area (Å²) in [4.78, 5) is 16.2. The summed E-state index contributed by atoms with van der Waals surface area (Å²) in [6.07, 6.45) is 3.79. The first kappa shape index (κ1) is 11.7. The minimum absolute atomic E-state index is 0.118. The molecule has 1 aliphatic heterocycles. The van der Waals surface area contributed by atoms with Crippen LogP contribution in [0.2, 0.25) is 0 Å². The van der Waals surface area contributed by atoms with Crippen molar-refractivity contribution >= 4 is 17.4 Å². The first-order valence-electron chi connectivity index (χ1n) is 6.42. The largest absolute Gasteiger partial charge is 0.385 e. The van der Waals surface area contributed by atoms with E-state index in [2.05, 4.69) is 15.6 Å². The Hall–Kier alpha value is -2.36. The average Bonchev–Trinajstić information content (AvgIpc) is 2.48. The van der Waals surface area contributed by atoms with Crippen LogP contribution in [0.1, 0.15) is 22.3 Å². The zero-order chi connectivity index (χ0) is 13.1. The zero-order valence-corrected chi connectivity index (χ0v) is 10.5. The van der Waals surface area contributed by atoms with Crippen molar-refractivity contribution in [2.45, 2.75) is 12.8 Å². The Kier molecular flexibility index (Phi) is 3.14. The highest BCUT2D eigenvalue weighted by molar-refractivity contribution is 6.04. The molecule has 0 spiro atoms. The van der Waals surface area contributed by atoms with E-state index in [0.717, 1.165) is 25.1 Å². The number of carbonyl (C=O) groups is 1. The van der Waals surface area contributed by atoms with Gasteiger partial charge in [-0.05, 0) is 48.7 Å². The van der Waals surface area contributed by atoms with Crippen LogP contribution < -0.4 is 10.6 Å². The zero-order valence-electron chi connectivity index (χ0n) is 10.5. The normalized spacial score (nSPS) is 13.3. The molecular weight excluding hydrogens is 238 g/mol. The number of fused-ring (bicyclic) bond motifs is 1. The smallest absolute Gasteiger partial charge is 0.256 e. The van der Waals surface area contributed by atoms with Crippen LogP contribution in [0.4, 0.5) is 11.5 Å². The fourth-order valence-electron chi connectivity index (χ4n) is 2.24. The number of hydrogen-bond donors (Lipinski definition) is 2. The molecular formula is C15H15N3O. The van der Waals surface area contributed by atoms with Gasteiger partial charge in [0.15, 0.2) is 0 Å². The lowest BCUT2D eigenvalue weighted by molar-refractivity contribution is 0.102. The molecule has 1 aromatic heterocycles. The van der Waals surface area contributed by atoms with Crippen molar-refractivity contribution in [2.75, 3.05) is 17.2 Å². The number of hydrogen-bond acceptors (Lipinski definition) is 3. The Labute approximate surface area is 111 Å². The van der Waals surface area contributed by atoms with Crippen LogP contribution in [0, 0.1) is 0 Å². The molecule has 0 saturated heterocycles. The molecule has 2 heterocycles. The van der Waals surface area contributed by atoms with Gasteiger partial charge in [0.1, 0.15) is 5.82 Å². The number of amides is 1. The van der Waals surface area contributed by atoms with Gasteiger partial charge in [-0.15, -0.1) is 0 Å². The van der Waals surface area contributed by atoms with Gasteiger partial charge < -0.3 is 10.6 Å². The first-order valence-corrected chi connectivity index (χ1v) is 6.42. The fourth-order valence-corrected chi connectivity index (χ4v) is 2.24. The van der Waals surface area contributed by atoms with Crippen molar-refractivity contribution in [1.82, 2.24) is 4.98 Å². The van der Waals surface area contributed by atoms with Crippen molar-refractivity contribution < 1.29 is 4.79 Å². The van der Waals surface area contributed by atoms with E-state index in [9.17, 15) is 4.79 Å². The second kappa shape index (κ2) is 5.10. The molecule has 19 heavy (non-hydrogen) atoms. The van der Waals surface area contributed by atoms with Gasteiger partial charge in [0.2, 0.25) is 0 Å². The molecule has 0 atom stereocenters. The van der Waals surface area contributed by atoms with Gasteiger partial charge in [-0.3, -0.25) is 4.79 Å². The van der Waals surface area contributed by atoms with E-state index in [0.29, 0.717) is 11.4 Å². The Bertz CT molecular complexity index is 596. The van der Waals surface area contributed by atoms with Gasteiger partial charge in [-0.2, -0.15) is 0 Å². The maximum absolute atomic E-state index is 12.1. The third kappa shape index (κ3) is 2.57. The molecule has 0 unspecified atom stereocenters. The number of nitrogens with one attached hydrogen (secondary N) is 2. The van der Waals surface area contributed by atoms with E-state index in [1.54, 1.807) is 12.3 Å². The summed E-state index contributed by atoms with van der Waals surface area (Å²) in [6, 6.07) is 11.2. The van der Waals surface area contributed by atoms with E-state index in [4.69, 9.17) is 0 Å². The van der Waals surface area contributed by atoms with Gasteiger partial charge in [0, 0.05) is 24.0 Å². The van der Waals surface area contributed by atoms with Crippen molar-refractivity contribution in [3.05, 3.63) is 53.7 Å². The molecule has 4 heteroatoms. The van der Waals surface area contributed by atoms with Crippen molar-refractivity contribution in [3.63, 3.8) is 0 Å². The molecule has 1 aliphatic rings. The van der Waals surface area contributed by atoms with Crippen molar-refractivity contribution in [3.8, 4) is 0 Å². The summed E-state index contributed by atoms with van der Waals surface area (Å²) in [5.74, 6) is 0.454. The number of carbonyl (C=O) groups excluding carboxylic acids is 1. The maximum atomic E-state index is 12.1. The highest BCUT2D eigenvalue weighted by atomic mass is 16.1. The topological polar surface area (TPSA) is 54.0 Å². The Balaban J connectivity index is 1.80. The summed E-state index contributed by atoms with van der Waals surface area (Å²) in [6.45, 7) is 1.01. The standard InChI is InChI=1S/C15H15N3O/c19-15(18-14-5-1-2-8-17-14)12-6-7-13-11(10-12)4-3-9-16-13/h1-2,5-8,10,16H,3-4,9H2,(H,17,18,19). The second-order valence-electron chi connectivity index (χ2n) is 4.57. The lowest BCUT2D eigenvalue weighted by Crippen LogP contribution is -2.16. The lowest BCUT2D eigenvalue weighted by Gasteiger charge is -2.18. The SMILES string of the molecule is O=C(Nc1ccccn1)c1ccc2c(c1)CCCN2. The number of pyridine rings is 1. The van der Waals surface area contributed by atoms with Gasteiger partial charge in [-0.25, -0.2) is 4.98 Å². The number of anilines is 2.